The van der Waals surface area contributed by atoms with Gasteiger partial charge in [-0.2, -0.15) is 0 Å². The molecule has 17 heteroatoms. The second kappa shape index (κ2) is 16.7. The van der Waals surface area contributed by atoms with Gasteiger partial charge in [-0.05, 0) is 75.3 Å². The number of alkyl carbamates (subject to hydrolysis) is 1. The number of carbonyl (C=O) groups excluding carboxylic acids is 7. The number of fused-ring (bicyclic) bond motifs is 4. The molecule has 344 valence electrons. The number of hydrogen-bond donors (Lipinski definition) is 3. The van der Waals surface area contributed by atoms with Crippen molar-refractivity contribution < 1.29 is 71.8 Å². The van der Waals surface area contributed by atoms with Crippen molar-refractivity contribution >= 4 is 41.7 Å². The van der Waals surface area contributed by atoms with Crippen LogP contribution >= 0.6 is 0 Å². The zero-order valence-corrected chi connectivity index (χ0v) is 37.2. The van der Waals surface area contributed by atoms with Crippen molar-refractivity contribution in [3.63, 3.8) is 0 Å². The number of benzene rings is 2. The van der Waals surface area contributed by atoms with E-state index < -0.39 is 131 Å². The van der Waals surface area contributed by atoms with Crippen LogP contribution < -0.4 is 11.1 Å². The first-order chi connectivity index (χ1) is 30.0. The molecule has 0 radical (unpaired) electrons. The summed E-state index contributed by atoms with van der Waals surface area (Å²) in [5.74, 6) is -6.83. The molecule has 3 saturated carbocycles. The molecule has 2 aromatic rings. The molecule has 1 heterocycles. The van der Waals surface area contributed by atoms with E-state index in [9.17, 15) is 33.9 Å². The highest BCUT2D eigenvalue weighted by Gasteiger charge is 2.84. The lowest BCUT2D eigenvalue weighted by molar-refractivity contribution is -0.323. The molecule has 4 aliphatic carbocycles. The maximum absolute atomic E-state index is 15.6. The first kappa shape index (κ1) is 46.3. The third-order valence-corrected chi connectivity index (χ3v) is 13.6. The minimum absolute atomic E-state index is 0.0917. The summed E-state index contributed by atoms with van der Waals surface area (Å²) in [5.41, 5.74) is -1.50. The van der Waals surface area contributed by atoms with Crippen LogP contribution in [0.1, 0.15) is 96.6 Å². The molecule has 0 aromatic heterocycles. The van der Waals surface area contributed by atoms with E-state index in [1.54, 1.807) is 90.1 Å². The molecular formula is C47H56N2O15. The molecule has 0 unspecified atom stereocenters. The molecule has 11 atom stereocenters. The summed E-state index contributed by atoms with van der Waals surface area (Å²) in [5, 5.41) is 16.4. The molecule has 1 saturated heterocycles. The smallest absolute Gasteiger partial charge is 0.408 e. The number of nitrogens with two attached hydrogens (primary N) is 1. The monoisotopic (exact) mass is 888 g/mol. The van der Waals surface area contributed by atoms with Gasteiger partial charge in [-0.1, -0.05) is 62.4 Å². The Labute approximate surface area is 370 Å². The zero-order valence-electron chi connectivity index (χ0n) is 37.2. The molecule has 2 aromatic carbocycles. The van der Waals surface area contributed by atoms with E-state index in [2.05, 4.69) is 5.32 Å². The van der Waals surface area contributed by atoms with E-state index in [0.29, 0.717) is 12.0 Å². The molecule has 1 amide bonds. The highest BCUT2D eigenvalue weighted by atomic mass is 16.6. The zero-order chi connectivity index (χ0) is 46.7. The Morgan fingerprint density at radius 1 is 0.922 bits per heavy atom. The van der Waals surface area contributed by atoms with Gasteiger partial charge < -0.3 is 49.3 Å². The van der Waals surface area contributed by atoms with Crippen molar-refractivity contribution in [3.8, 4) is 0 Å². The van der Waals surface area contributed by atoms with Crippen LogP contribution in [0, 0.1) is 22.7 Å². The lowest BCUT2D eigenvalue weighted by atomic mass is 9.48. The summed E-state index contributed by atoms with van der Waals surface area (Å²) in [6.45, 7) is 11.2. The SMILES string of the molecule is CC(=O)O[C@@H]1C(=O)[C@]23C[C@H]2C[C@H]2OC[C@@]2(OC(C)=O)[C@H]3[C@H](OC(=O)c2ccccc2)[C@@]2(O)C[C@H](OC(=O)[C@H](OC(=O)CN)[C@@H](NC(=O)OC(C)(C)C)c3ccccc3)C(C)=C1C2(C)C. The highest BCUT2D eigenvalue weighted by Crippen LogP contribution is 2.74. The quantitative estimate of drug-likeness (QED) is 0.164. The summed E-state index contributed by atoms with van der Waals surface area (Å²) >= 11 is 0. The van der Waals surface area contributed by atoms with Gasteiger partial charge in [0.05, 0.1) is 24.6 Å². The minimum atomic E-state index is -2.30. The number of carbonyl (C=O) groups is 7. The molecule has 17 nitrogen and oxygen atoms in total. The van der Waals surface area contributed by atoms with Crippen molar-refractivity contribution in [2.45, 2.75) is 128 Å². The van der Waals surface area contributed by atoms with E-state index in [1.165, 1.54) is 19.1 Å². The second-order valence-corrected chi connectivity index (χ2v) is 19.0. The van der Waals surface area contributed by atoms with E-state index in [4.69, 9.17) is 38.9 Å². The van der Waals surface area contributed by atoms with Gasteiger partial charge in [0.2, 0.25) is 6.10 Å². The number of amides is 1. The Hall–Kier alpha value is -5.65. The lowest BCUT2D eigenvalue weighted by Gasteiger charge is -2.64. The normalized spacial score (nSPS) is 31.9. The number of Topliss-reactive ketones (excluding diaryl/α,β-unsaturated/α-hetero) is 1. The van der Waals surface area contributed by atoms with Gasteiger partial charge in [0.25, 0.3) is 0 Å². The van der Waals surface area contributed by atoms with Gasteiger partial charge in [-0.3, -0.25) is 19.2 Å². The molecule has 1 spiro atoms. The number of rotatable bonds is 11. The number of ketones is 1. The Balaban J connectivity index is 1.40. The van der Waals surface area contributed by atoms with Crippen LogP contribution in [-0.4, -0.2) is 107 Å². The molecule has 64 heavy (non-hydrogen) atoms. The number of hydrogen-bond acceptors (Lipinski definition) is 16. The van der Waals surface area contributed by atoms with Crippen LogP contribution in [0.25, 0.3) is 0 Å². The average molecular weight is 889 g/mol. The van der Waals surface area contributed by atoms with Crippen LogP contribution in [0.15, 0.2) is 71.8 Å². The fourth-order valence-electron chi connectivity index (χ4n) is 10.7. The third-order valence-electron chi connectivity index (χ3n) is 13.6. The topological polar surface area (TPSA) is 242 Å². The molecule has 7 rings (SSSR count). The summed E-state index contributed by atoms with van der Waals surface area (Å²) in [7, 11) is 0. The Morgan fingerprint density at radius 2 is 1.56 bits per heavy atom. The molecule has 2 bridgehead atoms. The standard InChI is InChI=1S/C47H56N2O15/c1-24-30(60-41(55)36(61-32(52)22-48)34(27-15-11-9-12-16-27)49-42(56)64-43(4,5)6)21-47(57)39(62-40(54)28-17-13-10-14-18-28)37-45(38(53)35(59-25(2)50)33(24)44(47,7)8)20-29(45)19-31-46(37,23-58-31)63-26(3)51/h9-18,29-31,34-37,39,57H,19-23,48H2,1-8H3,(H,49,56)/t29-,30+,31-,34+,35+,36-,37+,39+,45-,46+,47+/m1/s1. The maximum Gasteiger partial charge on any atom is 0.408 e. The summed E-state index contributed by atoms with van der Waals surface area (Å²) < 4.78 is 42.0. The summed E-state index contributed by atoms with van der Waals surface area (Å²) in [6, 6.07) is 14.7. The van der Waals surface area contributed by atoms with Gasteiger partial charge in [-0.25, -0.2) is 14.4 Å². The van der Waals surface area contributed by atoms with Crippen LogP contribution in [0.4, 0.5) is 4.79 Å². The van der Waals surface area contributed by atoms with Crippen molar-refractivity contribution in [2.24, 2.45) is 28.4 Å². The first-order valence-electron chi connectivity index (χ1n) is 21.4. The van der Waals surface area contributed by atoms with Crippen molar-refractivity contribution in [1.82, 2.24) is 5.32 Å². The fraction of sp³-hybridized carbons (Fsp3) is 0.553. The second-order valence-electron chi connectivity index (χ2n) is 19.0. The molecule has 1 aliphatic heterocycles. The van der Waals surface area contributed by atoms with Crippen molar-refractivity contribution in [1.29, 1.82) is 0 Å². The molecular weight excluding hydrogens is 833 g/mol. The van der Waals surface area contributed by atoms with Gasteiger partial charge in [-0.15, -0.1) is 0 Å². The van der Waals surface area contributed by atoms with Gasteiger partial charge in [0.1, 0.15) is 35.6 Å². The highest BCUT2D eigenvalue weighted by molar-refractivity contribution is 5.98. The van der Waals surface area contributed by atoms with Crippen LogP contribution in [-0.2, 0) is 57.1 Å². The number of aliphatic hydroxyl groups is 1. The Bertz CT molecular complexity index is 2250. The molecule has 5 aliphatic rings. The van der Waals surface area contributed by atoms with E-state index in [-0.39, 0.29) is 29.7 Å². The summed E-state index contributed by atoms with van der Waals surface area (Å²) in [6.07, 6.45) is -8.40. The van der Waals surface area contributed by atoms with E-state index >= 15 is 4.79 Å². The minimum Gasteiger partial charge on any atom is -0.455 e. The largest absolute Gasteiger partial charge is 0.455 e. The maximum atomic E-state index is 15.6. The summed E-state index contributed by atoms with van der Waals surface area (Å²) in [4.78, 5) is 97.1. The first-order valence-corrected chi connectivity index (χ1v) is 21.4. The number of esters is 5. The molecule has 4 N–H and O–H groups in total. The van der Waals surface area contributed by atoms with Crippen LogP contribution in [0.3, 0.4) is 0 Å². The number of ether oxygens (including phenoxy) is 7. The lowest BCUT2D eigenvalue weighted by Crippen LogP contribution is -2.78. The van der Waals surface area contributed by atoms with Crippen LogP contribution in [0.5, 0.6) is 0 Å². The Morgan fingerprint density at radius 3 is 2.12 bits per heavy atom. The van der Waals surface area contributed by atoms with E-state index in [0.717, 1.165) is 6.92 Å². The van der Waals surface area contributed by atoms with Gasteiger partial charge >= 0.3 is 35.9 Å². The third kappa shape index (κ3) is 7.95. The predicted octanol–water partition coefficient (Wildman–Crippen LogP) is 3.98. The average Bonchev–Trinajstić information content (AvgIpc) is 3.95. The Kier molecular flexibility index (Phi) is 12.1. The van der Waals surface area contributed by atoms with Gasteiger partial charge in [0, 0.05) is 31.1 Å². The predicted molar refractivity (Wildman–Crippen MR) is 223 cm³/mol. The molecule has 4 fully saturated rings. The van der Waals surface area contributed by atoms with Crippen molar-refractivity contribution in [3.05, 3.63) is 82.9 Å². The van der Waals surface area contributed by atoms with Crippen molar-refractivity contribution in [2.75, 3.05) is 13.2 Å². The van der Waals surface area contributed by atoms with Crippen LogP contribution in [0.2, 0.25) is 0 Å². The van der Waals surface area contributed by atoms with E-state index in [1.807, 2.05) is 0 Å². The van der Waals surface area contributed by atoms with Gasteiger partial charge in [0.15, 0.2) is 17.5 Å². The fourth-order valence-corrected chi connectivity index (χ4v) is 10.7. The number of nitrogens with one attached hydrogen (secondary N) is 1.